The molecule has 1 N–H and O–H groups in total. The summed E-state index contributed by atoms with van der Waals surface area (Å²) in [6.07, 6.45) is 0.803. The highest BCUT2D eigenvalue weighted by Gasteiger charge is 2.34. The van der Waals surface area contributed by atoms with Gasteiger partial charge in [-0.3, -0.25) is 14.6 Å². The molecule has 1 fully saturated rings. The van der Waals surface area contributed by atoms with Gasteiger partial charge in [0.2, 0.25) is 5.91 Å². The van der Waals surface area contributed by atoms with Crippen molar-refractivity contribution in [2.24, 2.45) is 0 Å². The number of nitrogens with one attached hydrogen (secondary N) is 1. The highest BCUT2D eigenvalue weighted by molar-refractivity contribution is 7.10. The summed E-state index contributed by atoms with van der Waals surface area (Å²) in [5.74, 6) is 1.22. The van der Waals surface area contributed by atoms with Gasteiger partial charge in [0.15, 0.2) is 11.5 Å². The normalized spacial score (nSPS) is 19.3. The summed E-state index contributed by atoms with van der Waals surface area (Å²) in [5, 5.41) is 4.73. The average Bonchev–Trinajstić information content (AvgIpc) is 3.38. The second-order valence-corrected chi connectivity index (χ2v) is 7.80. The van der Waals surface area contributed by atoms with E-state index >= 15 is 0 Å². The topological polar surface area (TPSA) is 71.1 Å². The molecule has 0 spiro atoms. The smallest absolute Gasteiger partial charge is 0.324 e. The molecule has 0 bridgehead atoms. The molecular formula is C20H23N3O4S. The van der Waals surface area contributed by atoms with Gasteiger partial charge in [0, 0.05) is 24.5 Å². The maximum Gasteiger partial charge on any atom is 0.324 e. The summed E-state index contributed by atoms with van der Waals surface area (Å²) in [6.45, 7) is 1.87. The summed E-state index contributed by atoms with van der Waals surface area (Å²) < 4.78 is 11.0. The minimum atomic E-state index is -0.304. The lowest BCUT2D eigenvalue weighted by Crippen LogP contribution is -2.45. The van der Waals surface area contributed by atoms with Crippen molar-refractivity contribution < 1.29 is 19.1 Å². The number of methoxy groups -OCH3 is 2. The first-order chi connectivity index (χ1) is 13.6. The Balaban J connectivity index is 1.69. The average molecular weight is 401 g/mol. The zero-order valence-corrected chi connectivity index (χ0v) is 16.8. The van der Waals surface area contributed by atoms with E-state index in [0.29, 0.717) is 24.6 Å². The molecule has 0 saturated carbocycles. The zero-order valence-electron chi connectivity index (χ0n) is 15.9. The molecule has 3 heterocycles. The number of amides is 3. The SMILES string of the molecule is COc1cc2c(cc1OC)[C@@H](c1cccs1)N(CC(=O)N1CCNC1=O)CC2. The largest absolute Gasteiger partial charge is 0.493 e. The van der Waals surface area contributed by atoms with E-state index < -0.39 is 0 Å². The highest BCUT2D eigenvalue weighted by Crippen LogP contribution is 2.42. The Morgan fingerprint density at radius 2 is 2.04 bits per heavy atom. The number of carbonyl (C=O) groups excluding carboxylic acids is 2. The van der Waals surface area contributed by atoms with Crippen molar-refractivity contribution in [1.82, 2.24) is 15.1 Å². The molecule has 0 unspecified atom stereocenters. The van der Waals surface area contributed by atoms with Crippen LogP contribution in [0.25, 0.3) is 0 Å². The number of fused-ring (bicyclic) bond motifs is 1. The molecule has 0 radical (unpaired) electrons. The van der Waals surface area contributed by atoms with Gasteiger partial charge in [-0.25, -0.2) is 4.79 Å². The van der Waals surface area contributed by atoms with Crippen LogP contribution in [0.15, 0.2) is 29.6 Å². The third-order valence-corrected chi connectivity index (χ3v) is 6.21. The van der Waals surface area contributed by atoms with Crippen LogP contribution in [0.5, 0.6) is 11.5 Å². The lowest BCUT2D eigenvalue weighted by molar-refractivity contribution is -0.129. The Hall–Kier alpha value is -2.58. The number of benzene rings is 1. The first-order valence-corrected chi connectivity index (χ1v) is 10.1. The third-order valence-electron chi connectivity index (χ3n) is 5.28. The summed E-state index contributed by atoms with van der Waals surface area (Å²) in [5.41, 5.74) is 2.31. The fourth-order valence-electron chi connectivity index (χ4n) is 3.92. The number of urea groups is 1. The molecule has 2 aromatic rings. The summed E-state index contributed by atoms with van der Waals surface area (Å²) >= 11 is 1.66. The number of hydrogen-bond acceptors (Lipinski definition) is 6. The maximum atomic E-state index is 12.8. The molecule has 148 valence electrons. The summed E-state index contributed by atoms with van der Waals surface area (Å²) in [7, 11) is 3.26. The van der Waals surface area contributed by atoms with Crippen LogP contribution in [0.1, 0.15) is 22.0 Å². The van der Waals surface area contributed by atoms with Crippen LogP contribution >= 0.6 is 11.3 Å². The van der Waals surface area contributed by atoms with E-state index in [0.717, 1.165) is 23.4 Å². The zero-order chi connectivity index (χ0) is 19.7. The second-order valence-electron chi connectivity index (χ2n) is 6.82. The van der Waals surface area contributed by atoms with Gasteiger partial charge in [-0.2, -0.15) is 0 Å². The lowest BCUT2D eigenvalue weighted by atomic mass is 9.91. The second kappa shape index (κ2) is 7.81. The predicted molar refractivity (Wildman–Crippen MR) is 106 cm³/mol. The molecule has 8 heteroatoms. The molecule has 1 aromatic carbocycles. The van der Waals surface area contributed by atoms with Crippen molar-refractivity contribution in [1.29, 1.82) is 0 Å². The first-order valence-electron chi connectivity index (χ1n) is 9.22. The van der Waals surface area contributed by atoms with Crippen molar-refractivity contribution >= 4 is 23.3 Å². The Bertz CT molecular complexity index is 884. The predicted octanol–water partition coefficient (Wildman–Crippen LogP) is 2.26. The van der Waals surface area contributed by atoms with E-state index in [1.165, 1.54) is 10.5 Å². The molecule has 0 aliphatic carbocycles. The molecule has 4 rings (SSSR count). The molecule has 1 aromatic heterocycles. The van der Waals surface area contributed by atoms with E-state index in [2.05, 4.69) is 16.3 Å². The Kier molecular flexibility index (Phi) is 5.23. The van der Waals surface area contributed by atoms with Gasteiger partial charge < -0.3 is 14.8 Å². The van der Waals surface area contributed by atoms with E-state index in [1.54, 1.807) is 25.6 Å². The van der Waals surface area contributed by atoms with Crippen LogP contribution in [0.2, 0.25) is 0 Å². The standard InChI is InChI=1S/C20H23N3O4S/c1-26-15-10-13-5-7-22(12-18(24)23-8-6-21-20(23)25)19(17-4-3-9-28-17)14(13)11-16(15)27-2/h3-4,9-11,19H,5-8,12H2,1-2H3,(H,21,25)/t19-/m0/s1. The fraction of sp³-hybridized carbons (Fsp3) is 0.400. The van der Waals surface area contributed by atoms with Gasteiger partial charge in [-0.05, 0) is 41.1 Å². The quantitative estimate of drug-likeness (QED) is 0.832. The fourth-order valence-corrected chi connectivity index (χ4v) is 4.79. The first kappa shape index (κ1) is 18.8. The number of hydrogen-bond donors (Lipinski definition) is 1. The van der Waals surface area contributed by atoms with Crippen LogP contribution in [0, 0.1) is 0 Å². The number of rotatable bonds is 5. The molecular weight excluding hydrogens is 378 g/mol. The van der Waals surface area contributed by atoms with Gasteiger partial charge in [-0.1, -0.05) is 6.07 Å². The van der Waals surface area contributed by atoms with Gasteiger partial charge in [-0.15, -0.1) is 11.3 Å². The van der Waals surface area contributed by atoms with Crippen molar-refractivity contribution in [2.45, 2.75) is 12.5 Å². The number of nitrogens with zero attached hydrogens (tertiary/aromatic N) is 2. The van der Waals surface area contributed by atoms with Gasteiger partial charge in [0.05, 0.1) is 26.8 Å². The monoisotopic (exact) mass is 401 g/mol. The van der Waals surface area contributed by atoms with E-state index in [-0.39, 0.29) is 24.5 Å². The number of imide groups is 1. The van der Waals surface area contributed by atoms with Crippen LogP contribution < -0.4 is 14.8 Å². The van der Waals surface area contributed by atoms with E-state index in [9.17, 15) is 9.59 Å². The molecule has 7 nitrogen and oxygen atoms in total. The summed E-state index contributed by atoms with van der Waals surface area (Å²) in [6, 6.07) is 7.78. The summed E-state index contributed by atoms with van der Waals surface area (Å²) in [4.78, 5) is 29.2. The molecule has 3 amide bonds. The number of thiophene rings is 1. The van der Waals surface area contributed by atoms with Crippen LogP contribution in [-0.4, -0.2) is 62.1 Å². The highest BCUT2D eigenvalue weighted by atomic mass is 32.1. The van der Waals surface area contributed by atoms with Crippen LogP contribution in [0.3, 0.4) is 0 Å². The Morgan fingerprint density at radius 3 is 2.68 bits per heavy atom. The molecule has 28 heavy (non-hydrogen) atoms. The van der Waals surface area contributed by atoms with Gasteiger partial charge in [0.25, 0.3) is 0 Å². The van der Waals surface area contributed by atoms with E-state index in [1.807, 2.05) is 23.6 Å². The third kappa shape index (κ3) is 3.33. The van der Waals surface area contributed by atoms with Crippen molar-refractivity contribution in [3.63, 3.8) is 0 Å². The lowest BCUT2D eigenvalue weighted by Gasteiger charge is -2.37. The van der Waals surface area contributed by atoms with Crippen molar-refractivity contribution in [2.75, 3.05) is 40.4 Å². The van der Waals surface area contributed by atoms with Crippen LogP contribution in [0.4, 0.5) is 4.79 Å². The molecule has 2 aliphatic heterocycles. The minimum absolute atomic E-state index is 0.0572. The Morgan fingerprint density at radius 1 is 1.25 bits per heavy atom. The molecule has 1 atom stereocenters. The van der Waals surface area contributed by atoms with Gasteiger partial charge in [0.1, 0.15) is 0 Å². The van der Waals surface area contributed by atoms with E-state index in [4.69, 9.17) is 9.47 Å². The number of carbonyl (C=O) groups is 2. The molecule has 1 saturated heterocycles. The van der Waals surface area contributed by atoms with Gasteiger partial charge >= 0.3 is 6.03 Å². The van der Waals surface area contributed by atoms with Crippen molar-refractivity contribution in [3.8, 4) is 11.5 Å². The Labute approximate surface area is 167 Å². The van der Waals surface area contributed by atoms with Crippen LogP contribution in [-0.2, 0) is 11.2 Å². The number of ether oxygens (including phenoxy) is 2. The molecule has 2 aliphatic rings. The van der Waals surface area contributed by atoms with Crippen molar-refractivity contribution in [3.05, 3.63) is 45.6 Å². The minimum Gasteiger partial charge on any atom is -0.493 e. The maximum absolute atomic E-state index is 12.8.